The summed E-state index contributed by atoms with van der Waals surface area (Å²) in [5.41, 5.74) is 3.16. The van der Waals surface area contributed by atoms with Crippen molar-refractivity contribution in [2.24, 2.45) is 5.41 Å². The van der Waals surface area contributed by atoms with Crippen molar-refractivity contribution in [2.75, 3.05) is 31.8 Å². The van der Waals surface area contributed by atoms with Gasteiger partial charge in [0.2, 0.25) is 11.3 Å². The zero-order valence-electron chi connectivity index (χ0n) is 19.2. The van der Waals surface area contributed by atoms with Gasteiger partial charge in [0.1, 0.15) is 11.4 Å². The minimum Gasteiger partial charge on any atom is -0.492 e. The summed E-state index contributed by atoms with van der Waals surface area (Å²) in [5, 5.41) is 0.521. The number of amides is 1. The first-order chi connectivity index (χ1) is 15.2. The summed E-state index contributed by atoms with van der Waals surface area (Å²) in [6, 6.07) is 5.68. The quantitative estimate of drug-likeness (QED) is 0.580. The van der Waals surface area contributed by atoms with Crippen LogP contribution >= 0.6 is 11.6 Å². The molecule has 0 saturated carbocycles. The van der Waals surface area contributed by atoms with Crippen molar-refractivity contribution >= 4 is 23.2 Å². The molecule has 0 radical (unpaired) electrons. The maximum absolute atomic E-state index is 13.1. The number of anilines is 1. The predicted molar refractivity (Wildman–Crippen MR) is 127 cm³/mol. The summed E-state index contributed by atoms with van der Waals surface area (Å²) in [4.78, 5) is 27.0. The fourth-order valence-electron chi connectivity index (χ4n) is 4.65. The van der Waals surface area contributed by atoms with Crippen LogP contribution < -0.4 is 15.1 Å². The SMILES string of the molecule is COCCCOc1cc2c(cc1Cl)-c1cc(=O)c(N3CCCC3=O)cn1C(C(C)(C)C)C2. The molecule has 1 aromatic heterocycles. The third kappa shape index (κ3) is 4.30. The van der Waals surface area contributed by atoms with Gasteiger partial charge in [0.05, 0.1) is 17.3 Å². The first-order valence-corrected chi connectivity index (χ1v) is 11.6. The number of ether oxygens (including phenoxy) is 2. The van der Waals surface area contributed by atoms with E-state index < -0.39 is 0 Å². The third-order valence-corrected chi connectivity index (χ3v) is 6.65. The molecule has 1 aromatic carbocycles. The molecule has 1 unspecified atom stereocenters. The number of benzene rings is 1. The lowest BCUT2D eigenvalue weighted by atomic mass is 9.79. The summed E-state index contributed by atoms with van der Waals surface area (Å²) >= 11 is 6.56. The van der Waals surface area contributed by atoms with Crippen LogP contribution in [0.3, 0.4) is 0 Å². The van der Waals surface area contributed by atoms with E-state index in [1.807, 2.05) is 18.3 Å². The topological polar surface area (TPSA) is 60.8 Å². The standard InChI is InChI=1S/C25H31ClN2O4/c1-25(2,3)23-12-16-11-22(32-10-6-9-31-4)18(26)13-17(16)19-14-21(29)20(15-28(19)23)27-8-5-7-24(27)30/h11,13-15,23H,5-10,12H2,1-4H3. The van der Waals surface area contributed by atoms with Crippen LogP contribution in [-0.2, 0) is 16.0 Å². The molecule has 172 valence electrons. The van der Waals surface area contributed by atoms with E-state index in [4.69, 9.17) is 21.1 Å². The van der Waals surface area contributed by atoms with E-state index in [-0.39, 0.29) is 22.8 Å². The van der Waals surface area contributed by atoms with Gasteiger partial charge in [-0.1, -0.05) is 32.4 Å². The molecule has 3 heterocycles. The first kappa shape index (κ1) is 22.9. The number of pyridine rings is 1. The number of rotatable bonds is 6. The molecular weight excluding hydrogens is 428 g/mol. The van der Waals surface area contributed by atoms with Crippen LogP contribution in [0.5, 0.6) is 5.75 Å². The molecule has 0 spiro atoms. The van der Waals surface area contributed by atoms with E-state index in [0.717, 1.165) is 36.1 Å². The van der Waals surface area contributed by atoms with E-state index in [0.29, 0.717) is 42.6 Å². The van der Waals surface area contributed by atoms with Crippen LogP contribution in [0.2, 0.25) is 5.02 Å². The van der Waals surface area contributed by atoms with Gasteiger partial charge in [-0.25, -0.2) is 0 Å². The summed E-state index contributed by atoms with van der Waals surface area (Å²) in [7, 11) is 1.67. The van der Waals surface area contributed by atoms with E-state index in [1.165, 1.54) is 0 Å². The fourth-order valence-corrected chi connectivity index (χ4v) is 4.86. The number of hydrogen-bond acceptors (Lipinski definition) is 4. The molecule has 1 fully saturated rings. The number of hydrogen-bond donors (Lipinski definition) is 0. The summed E-state index contributed by atoms with van der Waals surface area (Å²) < 4.78 is 13.2. The minimum atomic E-state index is -0.136. The highest BCUT2D eigenvalue weighted by atomic mass is 35.5. The fraction of sp³-hybridized carbons (Fsp3) is 0.520. The lowest BCUT2D eigenvalue weighted by Crippen LogP contribution is -2.34. The maximum atomic E-state index is 13.1. The van der Waals surface area contributed by atoms with Crippen LogP contribution in [0.4, 0.5) is 5.69 Å². The van der Waals surface area contributed by atoms with E-state index in [1.54, 1.807) is 18.1 Å². The number of nitrogens with zero attached hydrogens (tertiary/aromatic N) is 2. The monoisotopic (exact) mass is 458 g/mol. The minimum absolute atomic E-state index is 0.0180. The molecule has 2 aromatic rings. The Hall–Kier alpha value is -2.31. The second-order valence-electron chi connectivity index (χ2n) is 9.68. The molecule has 0 N–H and O–H groups in total. The van der Waals surface area contributed by atoms with Gasteiger partial charge in [0, 0.05) is 57.0 Å². The van der Waals surface area contributed by atoms with Gasteiger partial charge in [-0.05, 0) is 36.0 Å². The maximum Gasteiger partial charge on any atom is 0.227 e. The molecule has 0 aliphatic carbocycles. The lowest BCUT2D eigenvalue weighted by Gasteiger charge is -2.39. The summed E-state index contributed by atoms with van der Waals surface area (Å²) in [5.74, 6) is 0.675. The molecule has 1 saturated heterocycles. The van der Waals surface area contributed by atoms with Crippen LogP contribution in [-0.4, -0.2) is 37.3 Å². The zero-order valence-corrected chi connectivity index (χ0v) is 20.0. The highest BCUT2D eigenvalue weighted by molar-refractivity contribution is 6.32. The Balaban J connectivity index is 1.79. The Morgan fingerprint density at radius 1 is 1.16 bits per heavy atom. The van der Waals surface area contributed by atoms with E-state index in [2.05, 4.69) is 25.3 Å². The zero-order chi connectivity index (χ0) is 23.0. The molecule has 7 heteroatoms. The largest absolute Gasteiger partial charge is 0.492 e. The summed E-state index contributed by atoms with van der Waals surface area (Å²) in [6.45, 7) is 8.35. The van der Waals surface area contributed by atoms with Crippen LogP contribution in [0.15, 0.2) is 29.2 Å². The Morgan fingerprint density at radius 3 is 2.59 bits per heavy atom. The molecule has 2 aliphatic heterocycles. The van der Waals surface area contributed by atoms with E-state index in [9.17, 15) is 9.59 Å². The number of carbonyl (C=O) groups excluding carboxylic acids is 1. The summed E-state index contributed by atoms with van der Waals surface area (Å²) in [6.07, 6.45) is 4.73. The van der Waals surface area contributed by atoms with Crippen molar-refractivity contribution in [1.29, 1.82) is 0 Å². The number of aromatic nitrogens is 1. The highest BCUT2D eigenvalue weighted by Crippen LogP contribution is 2.45. The number of methoxy groups -OCH3 is 1. The lowest BCUT2D eigenvalue weighted by molar-refractivity contribution is -0.117. The van der Waals surface area contributed by atoms with Gasteiger partial charge in [0.15, 0.2) is 0 Å². The molecule has 1 amide bonds. The van der Waals surface area contributed by atoms with Crippen molar-refractivity contribution in [1.82, 2.24) is 4.57 Å². The van der Waals surface area contributed by atoms with Crippen molar-refractivity contribution in [3.63, 3.8) is 0 Å². The number of carbonyl (C=O) groups is 1. The number of fused-ring (bicyclic) bond motifs is 3. The van der Waals surface area contributed by atoms with Crippen molar-refractivity contribution in [2.45, 2.75) is 52.5 Å². The molecule has 32 heavy (non-hydrogen) atoms. The molecule has 1 atom stereocenters. The van der Waals surface area contributed by atoms with Crippen LogP contribution in [0.25, 0.3) is 11.3 Å². The molecule has 0 bridgehead atoms. The first-order valence-electron chi connectivity index (χ1n) is 11.2. The average Bonchev–Trinajstić information content (AvgIpc) is 3.15. The van der Waals surface area contributed by atoms with Crippen molar-refractivity contribution < 1.29 is 14.3 Å². The average molecular weight is 459 g/mol. The third-order valence-electron chi connectivity index (χ3n) is 6.36. The Bertz CT molecular complexity index is 1090. The van der Waals surface area contributed by atoms with Crippen molar-refractivity contribution in [3.8, 4) is 17.0 Å². The normalized spacial score (nSPS) is 18.0. The van der Waals surface area contributed by atoms with Gasteiger partial charge in [-0.15, -0.1) is 0 Å². The van der Waals surface area contributed by atoms with Gasteiger partial charge in [0.25, 0.3) is 0 Å². The Kier molecular flexibility index (Phi) is 6.37. The van der Waals surface area contributed by atoms with Gasteiger partial charge in [-0.3, -0.25) is 9.59 Å². The van der Waals surface area contributed by atoms with Crippen molar-refractivity contribution in [3.05, 3.63) is 45.2 Å². The van der Waals surface area contributed by atoms with Gasteiger partial charge < -0.3 is 18.9 Å². The van der Waals surface area contributed by atoms with Crippen LogP contribution in [0.1, 0.15) is 51.6 Å². The molecular formula is C25H31ClN2O4. The van der Waals surface area contributed by atoms with Gasteiger partial charge in [-0.2, -0.15) is 0 Å². The van der Waals surface area contributed by atoms with E-state index >= 15 is 0 Å². The predicted octanol–water partition coefficient (Wildman–Crippen LogP) is 4.85. The second-order valence-corrected chi connectivity index (χ2v) is 10.1. The molecule has 4 rings (SSSR count). The smallest absolute Gasteiger partial charge is 0.227 e. The highest BCUT2D eigenvalue weighted by Gasteiger charge is 2.35. The number of halogens is 1. The Morgan fingerprint density at radius 2 is 1.94 bits per heavy atom. The molecule has 2 aliphatic rings. The second kappa shape index (κ2) is 8.91. The molecule has 6 nitrogen and oxygen atoms in total. The van der Waals surface area contributed by atoms with Crippen LogP contribution in [0, 0.1) is 5.41 Å². The van der Waals surface area contributed by atoms with Gasteiger partial charge >= 0.3 is 0 Å². The Labute approximate surface area is 194 Å².